The second-order valence-corrected chi connectivity index (χ2v) is 12.6. The lowest BCUT2D eigenvalue weighted by Gasteiger charge is -2.15. The molecule has 0 radical (unpaired) electrons. The maximum atomic E-state index is 5.22. The summed E-state index contributed by atoms with van der Waals surface area (Å²) in [6.45, 7) is 0. The van der Waals surface area contributed by atoms with Gasteiger partial charge in [-0.3, -0.25) is 4.57 Å². The Labute approximate surface area is 283 Å². The van der Waals surface area contributed by atoms with Crippen molar-refractivity contribution in [2.75, 3.05) is 0 Å². The summed E-state index contributed by atoms with van der Waals surface area (Å²) < 4.78 is 2.27. The quantitative estimate of drug-likeness (QED) is 0.144. The van der Waals surface area contributed by atoms with E-state index in [-0.39, 0.29) is 0 Å². The van der Waals surface area contributed by atoms with Crippen LogP contribution < -0.4 is 0 Å². The van der Waals surface area contributed by atoms with Crippen LogP contribution in [0.1, 0.15) is 0 Å². The topological polar surface area (TPSA) is 30.7 Å². The zero-order valence-electron chi connectivity index (χ0n) is 26.6. The van der Waals surface area contributed by atoms with Gasteiger partial charge in [-0.25, -0.2) is 9.97 Å². The summed E-state index contributed by atoms with van der Waals surface area (Å²) in [6, 6.07) is 62.6. The number of fused-ring (bicyclic) bond motifs is 7. The van der Waals surface area contributed by atoms with Crippen molar-refractivity contribution in [2.45, 2.75) is 0 Å². The van der Waals surface area contributed by atoms with Gasteiger partial charge >= 0.3 is 0 Å². The van der Waals surface area contributed by atoms with Crippen LogP contribution in [0, 0.1) is 0 Å². The molecular formula is C46H29N3. The van der Waals surface area contributed by atoms with E-state index in [0.717, 1.165) is 39.2 Å². The molecule has 3 heteroatoms. The summed E-state index contributed by atoms with van der Waals surface area (Å²) >= 11 is 0. The third-order valence-electron chi connectivity index (χ3n) is 9.77. The summed E-state index contributed by atoms with van der Waals surface area (Å²) in [4.78, 5) is 10.4. The molecule has 0 unspecified atom stereocenters. The summed E-state index contributed by atoms with van der Waals surface area (Å²) in [5.74, 6) is 1.54. The third-order valence-corrected chi connectivity index (χ3v) is 9.77. The second kappa shape index (κ2) is 11.0. The molecule has 0 aliphatic carbocycles. The Bertz CT molecular complexity index is 2830. The molecule has 8 aromatic carbocycles. The Balaban J connectivity index is 1.23. The molecule has 0 amide bonds. The van der Waals surface area contributed by atoms with Gasteiger partial charge in [-0.2, -0.15) is 0 Å². The molecule has 10 aromatic rings. The Morgan fingerprint density at radius 1 is 0.347 bits per heavy atom. The normalized spacial score (nSPS) is 11.7. The maximum Gasteiger partial charge on any atom is 0.162 e. The van der Waals surface area contributed by atoms with Crippen molar-refractivity contribution < 1.29 is 0 Å². The number of benzene rings is 8. The number of para-hydroxylation sites is 2. The molecule has 0 saturated heterocycles. The number of hydrogen-bond acceptors (Lipinski definition) is 2. The van der Waals surface area contributed by atoms with E-state index in [1.807, 2.05) is 18.2 Å². The Kier molecular flexibility index (Phi) is 6.18. The van der Waals surface area contributed by atoms with E-state index in [0.29, 0.717) is 5.82 Å². The largest absolute Gasteiger partial charge is 0.294 e. The fourth-order valence-electron chi connectivity index (χ4n) is 7.55. The third kappa shape index (κ3) is 4.44. The molecule has 0 bridgehead atoms. The first-order valence-electron chi connectivity index (χ1n) is 16.7. The molecular weight excluding hydrogens is 595 g/mol. The molecule has 0 atom stereocenters. The average molecular weight is 624 g/mol. The first-order chi connectivity index (χ1) is 24.3. The van der Waals surface area contributed by atoms with Gasteiger partial charge < -0.3 is 0 Å². The average Bonchev–Trinajstić information content (AvgIpc) is 3.51. The Hall–Kier alpha value is -6.58. The first kappa shape index (κ1) is 27.5. The van der Waals surface area contributed by atoms with Crippen LogP contribution in [0.2, 0.25) is 0 Å². The summed E-state index contributed by atoms with van der Waals surface area (Å²) in [5.41, 5.74) is 7.54. The standard InChI is InChI=1S/C46H29N3/c1-2-14-31(15-3-1)46-47-41(29-44(48-46)49-42-23-10-8-21-37(42)38-22-9-11-24-43(38)49)33-17-12-18-34(27-33)45-36-20-7-5-16-32(36)28-40-35-19-6-4-13-30(35)25-26-39(40)45/h1-29H. The molecule has 3 nitrogen and oxygen atoms in total. The van der Waals surface area contributed by atoms with Crippen LogP contribution in [0.15, 0.2) is 176 Å². The fraction of sp³-hybridized carbons (Fsp3) is 0. The summed E-state index contributed by atoms with van der Waals surface area (Å²) in [5, 5.41) is 9.90. The van der Waals surface area contributed by atoms with E-state index in [1.165, 1.54) is 48.7 Å². The van der Waals surface area contributed by atoms with Gasteiger partial charge in [0.15, 0.2) is 5.82 Å². The molecule has 0 N–H and O–H groups in total. The smallest absolute Gasteiger partial charge is 0.162 e. The highest BCUT2D eigenvalue weighted by atomic mass is 15.1. The van der Waals surface area contributed by atoms with Crippen molar-refractivity contribution in [3.05, 3.63) is 176 Å². The van der Waals surface area contributed by atoms with Crippen LogP contribution in [-0.4, -0.2) is 14.5 Å². The van der Waals surface area contributed by atoms with Crippen molar-refractivity contribution in [3.8, 4) is 39.6 Å². The van der Waals surface area contributed by atoms with Crippen molar-refractivity contribution >= 4 is 54.1 Å². The zero-order valence-corrected chi connectivity index (χ0v) is 26.6. The first-order valence-corrected chi connectivity index (χ1v) is 16.7. The van der Waals surface area contributed by atoms with Crippen LogP contribution in [0.4, 0.5) is 0 Å². The van der Waals surface area contributed by atoms with Gasteiger partial charge in [0.1, 0.15) is 5.82 Å². The molecule has 0 aliphatic heterocycles. The van der Waals surface area contributed by atoms with Gasteiger partial charge in [0.2, 0.25) is 0 Å². The number of nitrogens with zero attached hydrogens (tertiary/aromatic N) is 3. The van der Waals surface area contributed by atoms with E-state index in [2.05, 4.69) is 162 Å². The highest BCUT2D eigenvalue weighted by Gasteiger charge is 2.18. The molecule has 2 aromatic heterocycles. The van der Waals surface area contributed by atoms with Crippen LogP contribution >= 0.6 is 0 Å². The molecule has 0 aliphatic rings. The molecule has 0 saturated carbocycles. The predicted octanol–water partition coefficient (Wildman–Crippen LogP) is 12.0. The van der Waals surface area contributed by atoms with Gasteiger partial charge in [-0.1, -0.05) is 146 Å². The van der Waals surface area contributed by atoms with E-state index in [4.69, 9.17) is 9.97 Å². The molecule has 0 fully saturated rings. The van der Waals surface area contributed by atoms with Crippen LogP contribution in [0.5, 0.6) is 0 Å². The van der Waals surface area contributed by atoms with Crippen molar-refractivity contribution in [1.29, 1.82) is 0 Å². The van der Waals surface area contributed by atoms with E-state index < -0.39 is 0 Å². The SMILES string of the molecule is c1ccc(-c2nc(-c3cccc(-c4c5ccccc5cc5c4ccc4ccccc45)c3)cc(-n3c4ccccc4c4ccccc43)n2)cc1. The lowest BCUT2D eigenvalue weighted by Crippen LogP contribution is -2.02. The van der Waals surface area contributed by atoms with E-state index >= 15 is 0 Å². The highest BCUT2D eigenvalue weighted by molar-refractivity contribution is 6.20. The van der Waals surface area contributed by atoms with Gasteiger partial charge in [0, 0.05) is 28.0 Å². The van der Waals surface area contributed by atoms with E-state index in [1.54, 1.807) is 0 Å². The van der Waals surface area contributed by atoms with Crippen LogP contribution in [-0.2, 0) is 0 Å². The minimum Gasteiger partial charge on any atom is -0.294 e. The Morgan fingerprint density at radius 3 is 1.73 bits per heavy atom. The maximum absolute atomic E-state index is 5.22. The lowest BCUT2D eigenvalue weighted by atomic mass is 9.89. The minimum absolute atomic E-state index is 0.697. The monoisotopic (exact) mass is 623 g/mol. The second-order valence-electron chi connectivity index (χ2n) is 12.6. The zero-order chi connectivity index (χ0) is 32.3. The van der Waals surface area contributed by atoms with Crippen molar-refractivity contribution in [2.24, 2.45) is 0 Å². The molecule has 2 heterocycles. The van der Waals surface area contributed by atoms with Gasteiger partial charge in [-0.05, 0) is 67.7 Å². The molecule has 49 heavy (non-hydrogen) atoms. The van der Waals surface area contributed by atoms with Crippen LogP contribution in [0.3, 0.4) is 0 Å². The lowest BCUT2D eigenvalue weighted by molar-refractivity contribution is 1.05. The molecule has 0 spiro atoms. The fourth-order valence-corrected chi connectivity index (χ4v) is 7.55. The predicted molar refractivity (Wildman–Crippen MR) is 205 cm³/mol. The highest BCUT2D eigenvalue weighted by Crippen LogP contribution is 2.41. The number of aromatic nitrogens is 3. The van der Waals surface area contributed by atoms with E-state index in [9.17, 15) is 0 Å². The molecule has 10 rings (SSSR count). The van der Waals surface area contributed by atoms with Crippen molar-refractivity contribution in [1.82, 2.24) is 14.5 Å². The van der Waals surface area contributed by atoms with Gasteiger partial charge in [0.25, 0.3) is 0 Å². The summed E-state index contributed by atoms with van der Waals surface area (Å²) in [7, 11) is 0. The van der Waals surface area contributed by atoms with Gasteiger partial charge in [-0.15, -0.1) is 0 Å². The Morgan fingerprint density at radius 2 is 0.959 bits per heavy atom. The number of hydrogen-bond donors (Lipinski definition) is 0. The molecule has 228 valence electrons. The van der Waals surface area contributed by atoms with Crippen LogP contribution in [0.25, 0.3) is 93.7 Å². The number of rotatable bonds is 4. The van der Waals surface area contributed by atoms with Crippen molar-refractivity contribution in [3.63, 3.8) is 0 Å². The van der Waals surface area contributed by atoms with Gasteiger partial charge in [0.05, 0.1) is 16.7 Å². The summed E-state index contributed by atoms with van der Waals surface area (Å²) in [6.07, 6.45) is 0. The minimum atomic E-state index is 0.697.